The first-order valence-corrected chi connectivity index (χ1v) is 13.5. The Morgan fingerprint density at radius 1 is 0.645 bits per heavy atom. The van der Waals surface area contributed by atoms with Crippen LogP contribution in [0.25, 0.3) is 32.7 Å². The number of hydrogen-bond acceptors (Lipinski definition) is 0. The molecule has 0 radical (unpaired) electrons. The van der Waals surface area contributed by atoms with E-state index in [-0.39, 0.29) is 7.92 Å². The molecule has 0 unspecified atom stereocenters. The predicted octanol–water partition coefficient (Wildman–Crippen LogP) is 9.55. The fourth-order valence-corrected chi connectivity index (χ4v) is 7.96. The molecule has 160 valence electrons. The predicted molar refractivity (Wildman–Crippen MR) is 142 cm³/mol. The number of rotatable bonds is 7. The molecule has 0 aromatic heterocycles. The lowest BCUT2D eigenvalue weighted by Gasteiger charge is -2.31. The van der Waals surface area contributed by atoms with Crippen LogP contribution in [0.5, 0.6) is 0 Å². The molecule has 4 aromatic carbocycles. The molecule has 0 amide bonds. The Morgan fingerprint density at radius 2 is 1.16 bits per heavy atom. The summed E-state index contributed by atoms with van der Waals surface area (Å²) >= 11 is 0. The minimum Gasteiger partial charge on any atom is -0.0964 e. The van der Waals surface area contributed by atoms with Gasteiger partial charge < -0.3 is 0 Å². The Bertz CT molecular complexity index is 1180. The van der Waals surface area contributed by atoms with Gasteiger partial charge in [-0.15, -0.1) is 0 Å². The largest absolute Gasteiger partial charge is 0.0964 e. The highest BCUT2D eigenvalue weighted by Crippen LogP contribution is 2.53. The molecule has 2 atom stereocenters. The van der Waals surface area contributed by atoms with Gasteiger partial charge in [-0.2, -0.15) is 0 Å². The van der Waals surface area contributed by atoms with Gasteiger partial charge in [0.2, 0.25) is 0 Å². The minimum atomic E-state index is -0.0744. The van der Waals surface area contributed by atoms with Crippen LogP contribution in [-0.2, 0) is 6.16 Å². The van der Waals surface area contributed by atoms with Crippen molar-refractivity contribution in [1.29, 1.82) is 0 Å². The normalized spacial score (nSPS) is 13.7. The highest BCUT2D eigenvalue weighted by Gasteiger charge is 2.24. The zero-order chi connectivity index (χ0) is 22.0. The third-order valence-corrected chi connectivity index (χ3v) is 10.8. The van der Waals surface area contributed by atoms with E-state index >= 15 is 0 Å². The van der Waals surface area contributed by atoms with E-state index in [1.54, 1.807) is 0 Å². The highest BCUT2D eigenvalue weighted by molar-refractivity contribution is 7.58. The van der Waals surface area contributed by atoms with Gasteiger partial charge in [-0.05, 0) is 81.0 Å². The minimum absolute atomic E-state index is 0.0744. The second kappa shape index (κ2) is 9.54. The van der Waals surface area contributed by atoms with Crippen molar-refractivity contribution >= 4 is 29.5 Å². The maximum absolute atomic E-state index is 2.47. The Hall–Kier alpha value is -2.17. The summed E-state index contributed by atoms with van der Waals surface area (Å²) in [5.74, 6) is 0. The monoisotopic (exact) mass is 426 g/mol. The Morgan fingerprint density at radius 3 is 1.74 bits per heavy atom. The summed E-state index contributed by atoms with van der Waals surface area (Å²) < 4.78 is 0. The van der Waals surface area contributed by atoms with E-state index in [0.29, 0.717) is 0 Å². The lowest BCUT2D eigenvalue weighted by Crippen LogP contribution is -2.11. The number of fused-ring (bicyclic) bond motifs is 2. The fraction of sp³-hybridized carbons (Fsp3) is 0.333. The van der Waals surface area contributed by atoms with Crippen LogP contribution in [-0.4, -0.2) is 11.3 Å². The molecular weight excluding hydrogens is 391 g/mol. The summed E-state index contributed by atoms with van der Waals surface area (Å²) in [4.78, 5) is 0. The molecule has 0 heterocycles. The molecule has 31 heavy (non-hydrogen) atoms. The molecule has 4 rings (SSSR count). The van der Waals surface area contributed by atoms with Gasteiger partial charge in [-0.25, -0.2) is 0 Å². The molecule has 0 fully saturated rings. The molecule has 0 N–H and O–H groups in total. The summed E-state index contributed by atoms with van der Waals surface area (Å²) in [7, 11) is -0.0744. The number of aryl methyl sites for hydroxylation is 1. The average molecular weight is 427 g/mol. The topological polar surface area (TPSA) is 0 Å². The van der Waals surface area contributed by atoms with E-state index in [1.165, 1.54) is 62.8 Å². The first-order valence-electron chi connectivity index (χ1n) is 11.8. The molecular formula is C30H35P. The molecule has 0 aliphatic heterocycles. The zero-order valence-corrected chi connectivity index (χ0v) is 20.5. The Kier molecular flexibility index (Phi) is 6.78. The molecule has 0 aliphatic carbocycles. The van der Waals surface area contributed by atoms with Crippen molar-refractivity contribution in [2.24, 2.45) is 0 Å². The quantitative estimate of drug-likeness (QED) is 0.258. The zero-order valence-electron chi connectivity index (χ0n) is 19.7. The van der Waals surface area contributed by atoms with Crippen molar-refractivity contribution in [2.45, 2.75) is 64.9 Å². The lowest BCUT2D eigenvalue weighted by molar-refractivity contribution is 0.828. The van der Waals surface area contributed by atoms with Gasteiger partial charge in [0, 0.05) is 0 Å². The van der Waals surface area contributed by atoms with E-state index in [4.69, 9.17) is 0 Å². The van der Waals surface area contributed by atoms with E-state index in [2.05, 4.69) is 107 Å². The SMILES string of the molecule is CC[C@@H](C)P(Cc1ccc2ccccc2c1-c1c(C)ccc2ccccc12)[C@H](C)CC. The van der Waals surface area contributed by atoms with Crippen molar-refractivity contribution in [1.82, 2.24) is 0 Å². The average Bonchev–Trinajstić information content (AvgIpc) is 2.81. The second-order valence-corrected chi connectivity index (χ2v) is 12.1. The van der Waals surface area contributed by atoms with Crippen LogP contribution in [0.1, 0.15) is 51.7 Å². The lowest BCUT2D eigenvalue weighted by atomic mass is 9.88. The molecule has 4 aromatic rings. The van der Waals surface area contributed by atoms with Crippen LogP contribution < -0.4 is 0 Å². The van der Waals surface area contributed by atoms with Gasteiger partial charge in [0.25, 0.3) is 0 Å². The van der Waals surface area contributed by atoms with Gasteiger partial charge in [-0.1, -0.05) is 108 Å². The molecule has 0 saturated carbocycles. The van der Waals surface area contributed by atoms with Crippen LogP contribution in [0.2, 0.25) is 0 Å². The molecule has 0 saturated heterocycles. The standard InChI is InChI=1S/C30H35P/c1-6-22(4)31(23(5)7-2)20-26-19-18-25-13-9-11-15-28(25)30(26)29-21(3)16-17-24-12-8-10-14-27(24)29/h8-19,22-23H,6-7,20H2,1-5H3/t22-,23-/m1/s1. The Balaban J connectivity index is 2.00. The third kappa shape index (κ3) is 4.28. The molecule has 1 heteroatoms. The molecule has 0 nitrogen and oxygen atoms in total. The summed E-state index contributed by atoms with van der Waals surface area (Å²) in [5.41, 5.74) is 7.37. The number of hydrogen-bond donors (Lipinski definition) is 0. The summed E-state index contributed by atoms with van der Waals surface area (Å²) in [6.07, 6.45) is 3.75. The van der Waals surface area contributed by atoms with Crippen molar-refractivity contribution in [3.63, 3.8) is 0 Å². The van der Waals surface area contributed by atoms with Crippen molar-refractivity contribution in [3.8, 4) is 11.1 Å². The first kappa shape index (κ1) is 22.0. The first-order chi connectivity index (χ1) is 15.0. The second-order valence-electron chi connectivity index (χ2n) is 8.99. The van der Waals surface area contributed by atoms with Crippen LogP contribution in [0.4, 0.5) is 0 Å². The van der Waals surface area contributed by atoms with Crippen molar-refractivity contribution < 1.29 is 0 Å². The van der Waals surface area contributed by atoms with Crippen LogP contribution in [0.3, 0.4) is 0 Å². The van der Waals surface area contributed by atoms with Gasteiger partial charge in [0.15, 0.2) is 0 Å². The van der Waals surface area contributed by atoms with Crippen molar-refractivity contribution in [3.05, 3.63) is 83.9 Å². The van der Waals surface area contributed by atoms with E-state index < -0.39 is 0 Å². The van der Waals surface area contributed by atoms with Gasteiger partial charge in [0.1, 0.15) is 0 Å². The van der Waals surface area contributed by atoms with Crippen LogP contribution in [0, 0.1) is 6.92 Å². The maximum atomic E-state index is 2.47. The van der Waals surface area contributed by atoms with E-state index in [9.17, 15) is 0 Å². The van der Waals surface area contributed by atoms with Gasteiger partial charge in [-0.3, -0.25) is 0 Å². The number of benzene rings is 4. The third-order valence-electron chi connectivity index (χ3n) is 7.07. The smallest absolute Gasteiger partial charge is 0.00608 e. The summed E-state index contributed by atoms with van der Waals surface area (Å²) in [5, 5.41) is 5.43. The van der Waals surface area contributed by atoms with Crippen molar-refractivity contribution in [2.75, 3.05) is 0 Å². The molecule has 0 bridgehead atoms. The maximum Gasteiger partial charge on any atom is -0.00608 e. The van der Waals surface area contributed by atoms with Gasteiger partial charge >= 0.3 is 0 Å². The Labute approximate surface area is 189 Å². The van der Waals surface area contributed by atoms with E-state index in [0.717, 1.165) is 11.3 Å². The fourth-order valence-electron chi connectivity index (χ4n) is 4.87. The van der Waals surface area contributed by atoms with Crippen LogP contribution in [0.15, 0.2) is 72.8 Å². The molecule has 0 aliphatic rings. The van der Waals surface area contributed by atoms with Gasteiger partial charge in [0.05, 0.1) is 0 Å². The highest BCUT2D eigenvalue weighted by atomic mass is 31.1. The van der Waals surface area contributed by atoms with E-state index in [1.807, 2.05) is 0 Å². The summed E-state index contributed by atoms with van der Waals surface area (Å²) in [6.45, 7) is 11.9. The van der Waals surface area contributed by atoms with Crippen LogP contribution >= 0.6 is 7.92 Å². The summed E-state index contributed by atoms with van der Waals surface area (Å²) in [6, 6.07) is 27.2. The molecule has 0 spiro atoms.